The van der Waals surface area contributed by atoms with E-state index in [1.54, 1.807) is 29.9 Å². The van der Waals surface area contributed by atoms with Gasteiger partial charge in [-0.05, 0) is 42.3 Å². The van der Waals surface area contributed by atoms with Crippen molar-refractivity contribution in [2.45, 2.75) is 19.5 Å². The zero-order chi connectivity index (χ0) is 27.6. The van der Waals surface area contributed by atoms with Crippen LogP contribution in [0.2, 0.25) is 0 Å². The normalized spacial score (nSPS) is 16.0. The third kappa shape index (κ3) is 5.43. The molecule has 0 atom stereocenters. The van der Waals surface area contributed by atoms with Crippen molar-refractivity contribution in [1.29, 1.82) is 0 Å². The molecular formula is C30H30N8O2S. The molecule has 1 amide bonds. The third-order valence-corrected chi connectivity index (χ3v) is 8.74. The molecule has 1 N–H and O–H groups in total. The Balaban J connectivity index is 1.07. The van der Waals surface area contributed by atoms with Crippen LogP contribution in [0.3, 0.4) is 0 Å². The number of pyridine rings is 1. The van der Waals surface area contributed by atoms with Gasteiger partial charge < -0.3 is 15.0 Å². The molecule has 0 radical (unpaired) electrons. The fourth-order valence-electron chi connectivity index (χ4n) is 5.48. The molecule has 41 heavy (non-hydrogen) atoms. The number of hydrogen-bond donors (Lipinski definition) is 1. The molecule has 11 heteroatoms. The lowest BCUT2D eigenvalue weighted by Gasteiger charge is -2.27. The number of aromatic nitrogens is 5. The lowest BCUT2D eigenvalue weighted by Crippen LogP contribution is -2.37. The van der Waals surface area contributed by atoms with Crippen LogP contribution in [-0.2, 0) is 29.0 Å². The van der Waals surface area contributed by atoms with Crippen LogP contribution in [-0.4, -0.2) is 79.8 Å². The molecule has 0 spiro atoms. The highest BCUT2D eigenvalue weighted by atomic mass is 32.1. The van der Waals surface area contributed by atoms with Crippen LogP contribution in [0.25, 0.3) is 21.1 Å². The number of rotatable bonds is 7. The van der Waals surface area contributed by atoms with Crippen LogP contribution in [0, 0.1) is 0 Å². The monoisotopic (exact) mass is 566 g/mol. The van der Waals surface area contributed by atoms with Gasteiger partial charge in [0.1, 0.15) is 17.0 Å². The highest BCUT2D eigenvalue weighted by Crippen LogP contribution is 2.38. The maximum Gasteiger partial charge on any atom is 0.246 e. The Labute approximate surface area is 241 Å². The molecule has 5 aromatic rings. The molecule has 0 bridgehead atoms. The molecular weight excluding hydrogens is 536 g/mol. The van der Waals surface area contributed by atoms with E-state index in [0.717, 1.165) is 77.6 Å². The highest BCUT2D eigenvalue weighted by Gasteiger charge is 2.25. The Bertz CT molecular complexity index is 1730. The van der Waals surface area contributed by atoms with Gasteiger partial charge in [0.15, 0.2) is 0 Å². The topological polar surface area (TPSA) is 101 Å². The number of morpholine rings is 1. The molecule has 1 saturated heterocycles. The Morgan fingerprint density at radius 3 is 2.90 bits per heavy atom. The van der Waals surface area contributed by atoms with Crippen molar-refractivity contribution < 1.29 is 9.53 Å². The Hall–Kier alpha value is -4.19. The summed E-state index contributed by atoms with van der Waals surface area (Å²) in [5.74, 6) is 0.848. The smallest absolute Gasteiger partial charge is 0.246 e. The first kappa shape index (κ1) is 25.8. The average molecular weight is 567 g/mol. The van der Waals surface area contributed by atoms with Gasteiger partial charge in [-0.1, -0.05) is 12.1 Å². The summed E-state index contributed by atoms with van der Waals surface area (Å²) in [6.45, 7) is 6.00. The van der Waals surface area contributed by atoms with Crippen LogP contribution in [0.1, 0.15) is 16.1 Å². The fraction of sp³-hybridized carbons (Fsp3) is 0.300. The lowest BCUT2D eigenvalue weighted by atomic mass is 10.0. The summed E-state index contributed by atoms with van der Waals surface area (Å²) in [5, 5.41) is 10.2. The van der Waals surface area contributed by atoms with Crippen molar-refractivity contribution >= 4 is 49.9 Å². The first-order valence-electron chi connectivity index (χ1n) is 13.8. The standard InChI is InChI=1S/C30H30N8O2S/c39-27(5-3-10-36-12-14-40-15-13-36)37-11-8-24-26(19-37)41-30-28(24)29(32-20-33-30)35-22-6-7-25-21(16-22)17-34-38(25)18-23-4-1-2-9-31-23/h1-7,9,16-17,20H,8,10-15,18-19H2,(H,32,33,35)/b5-3+. The molecule has 6 heterocycles. The third-order valence-electron chi connectivity index (χ3n) is 7.62. The summed E-state index contributed by atoms with van der Waals surface area (Å²) in [4.78, 5) is 32.9. The fourth-order valence-corrected chi connectivity index (χ4v) is 6.68. The quantitative estimate of drug-likeness (QED) is 0.295. The highest BCUT2D eigenvalue weighted by molar-refractivity contribution is 7.19. The molecule has 7 rings (SSSR count). The van der Waals surface area contributed by atoms with Gasteiger partial charge in [0, 0.05) is 54.4 Å². The zero-order valence-corrected chi connectivity index (χ0v) is 23.4. The van der Waals surface area contributed by atoms with E-state index in [-0.39, 0.29) is 5.91 Å². The largest absolute Gasteiger partial charge is 0.379 e. The summed E-state index contributed by atoms with van der Waals surface area (Å²) in [6, 6.07) is 12.1. The summed E-state index contributed by atoms with van der Waals surface area (Å²) >= 11 is 1.65. The van der Waals surface area contributed by atoms with Crippen molar-refractivity contribution in [1.82, 2.24) is 34.5 Å². The van der Waals surface area contributed by atoms with Crippen molar-refractivity contribution in [2.75, 3.05) is 44.7 Å². The number of benzene rings is 1. The molecule has 208 valence electrons. The van der Waals surface area contributed by atoms with Gasteiger partial charge in [-0.2, -0.15) is 5.10 Å². The molecule has 10 nitrogen and oxygen atoms in total. The number of fused-ring (bicyclic) bond motifs is 4. The molecule has 4 aromatic heterocycles. The van der Waals surface area contributed by atoms with E-state index >= 15 is 0 Å². The number of carbonyl (C=O) groups excluding carboxylic acids is 1. The number of anilines is 2. The van der Waals surface area contributed by atoms with Crippen LogP contribution in [0.4, 0.5) is 11.5 Å². The van der Waals surface area contributed by atoms with E-state index in [1.807, 2.05) is 40.1 Å². The predicted molar refractivity (Wildman–Crippen MR) is 159 cm³/mol. The van der Waals surface area contributed by atoms with Gasteiger partial charge in [0.25, 0.3) is 0 Å². The van der Waals surface area contributed by atoms with E-state index < -0.39 is 0 Å². The first-order valence-corrected chi connectivity index (χ1v) is 14.7. The lowest BCUT2D eigenvalue weighted by molar-refractivity contribution is -0.126. The number of amides is 1. The van der Waals surface area contributed by atoms with Gasteiger partial charge in [0.2, 0.25) is 5.91 Å². The Kier molecular flexibility index (Phi) is 7.14. The number of nitrogens with zero attached hydrogens (tertiary/aromatic N) is 7. The van der Waals surface area contributed by atoms with Crippen LogP contribution < -0.4 is 5.32 Å². The van der Waals surface area contributed by atoms with Crippen LogP contribution >= 0.6 is 11.3 Å². The van der Waals surface area contributed by atoms with Crippen LogP contribution in [0.15, 0.2) is 67.3 Å². The molecule has 1 fully saturated rings. The minimum absolute atomic E-state index is 0.0580. The number of ether oxygens (including phenoxy) is 1. The molecule has 1 aromatic carbocycles. The summed E-state index contributed by atoms with van der Waals surface area (Å²) < 4.78 is 7.36. The molecule has 2 aliphatic heterocycles. The van der Waals surface area contributed by atoms with E-state index in [9.17, 15) is 4.79 Å². The summed E-state index contributed by atoms with van der Waals surface area (Å²) in [6.07, 6.45) is 9.75. The maximum atomic E-state index is 12.9. The second-order valence-electron chi connectivity index (χ2n) is 10.3. The van der Waals surface area contributed by atoms with Gasteiger partial charge >= 0.3 is 0 Å². The first-order chi connectivity index (χ1) is 20.2. The van der Waals surface area contributed by atoms with Crippen molar-refractivity contribution in [3.8, 4) is 0 Å². The molecule has 0 aliphatic carbocycles. The predicted octanol–water partition coefficient (Wildman–Crippen LogP) is 4.00. The summed E-state index contributed by atoms with van der Waals surface area (Å²) in [7, 11) is 0. The number of thiophene rings is 1. The Morgan fingerprint density at radius 2 is 2.02 bits per heavy atom. The minimum Gasteiger partial charge on any atom is -0.379 e. The van der Waals surface area contributed by atoms with E-state index in [1.165, 1.54) is 10.4 Å². The molecule has 0 unspecified atom stereocenters. The average Bonchev–Trinajstić information content (AvgIpc) is 3.59. The van der Waals surface area contributed by atoms with Gasteiger partial charge in [-0.25, -0.2) is 9.97 Å². The number of hydrogen-bond acceptors (Lipinski definition) is 9. The number of nitrogens with one attached hydrogen (secondary N) is 1. The van der Waals surface area contributed by atoms with E-state index in [2.05, 4.69) is 48.5 Å². The van der Waals surface area contributed by atoms with Gasteiger partial charge in [0.05, 0.1) is 49.1 Å². The van der Waals surface area contributed by atoms with Gasteiger partial charge in [-0.3, -0.25) is 19.4 Å². The number of carbonyl (C=O) groups is 1. The van der Waals surface area contributed by atoms with Crippen molar-refractivity contribution in [2.24, 2.45) is 0 Å². The maximum absolute atomic E-state index is 12.9. The molecule has 0 saturated carbocycles. The second-order valence-corrected chi connectivity index (χ2v) is 11.3. The van der Waals surface area contributed by atoms with Crippen molar-refractivity contribution in [3.63, 3.8) is 0 Å². The minimum atomic E-state index is 0.0580. The van der Waals surface area contributed by atoms with E-state index in [0.29, 0.717) is 19.6 Å². The van der Waals surface area contributed by atoms with Crippen molar-refractivity contribution in [3.05, 3.63) is 83.4 Å². The molecule has 2 aliphatic rings. The SMILES string of the molecule is O=C(/C=C/CN1CCOCC1)N1CCc2c(sc3ncnc(Nc4ccc5c(cnn5Cc5ccccn5)c4)c23)C1. The van der Waals surface area contributed by atoms with Gasteiger partial charge in [-0.15, -0.1) is 11.3 Å². The Morgan fingerprint density at radius 1 is 1.10 bits per heavy atom. The van der Waals surface area contributed by atoms with Crippen LogP contribution in [0.5, 0.6) is 0 Å². The zero-order valence-electron chi connectivity index (χ0n) is 22.6. The summed E-state index contributed by atoms with van der Waals surface area (Å²) in [5.41, 5.74) is 4.19. The second kappa shape index (κ2) is 11.4. The van der Waals surface area contributed by atoms with E-state index in [4.69, 9.17) is 4.74 Å².